The van der Waals surface area contributed by atoms with Gasteiger partial charge in [-0.1, -0.05) is 0 Å². The molecule has 0 fully saturated rings. The molecule has 0 saturated heterocycles. The molecule has 0 aliphatic rings. The summed E-state index contributed by atoms with van der Waals surface area (Å²) in [7, 11) is 0. The molecule has 0 radical (unpaired) electrons. The molecule has 2 heterocycles. The first kappa shape index (κ1) is 11.4. The molecule has 19 heavy (non-hydrogen) atoms. The molecule has 2 N–H and O–H groups in total. The molecule has 1 amide bonds. The van der Waals surface area contributed by atoms with E-state index >= 15 is 0 Å². The molecule has 94 valence electrons. The van der Waals surface area contributed by atoms with Gasteiger partial charge in [-0.15, -0.1) is 0 Å². The second-order valence-corrected chi connectivity index (χ2v) is 4.27. The van der Waals surface area contributed by atoms with Crippen LogP contribution in [0.5, 0.6) is 0 Å². The minimum absolute atomic E-state index is 0.428. The number of carbonyl (C=O) groups excluding carboxylic acids is 1. The van der Waals surface area contributed by atoms with Crippen molar-refractivity contribution in [1.29, 1.82) is 0 Å². The highest BCUT2D eigenvalue weighted by atomic mass is 16.1. The van der Waals surface area contributed by atoms with Crippen LogP contribution >= 0.6 is 0 Å². The highest BCUT2D eigenvalue weighted by molar-refractivity contribution is 5.93. The molecule has 5 heteroatoms. The van der Waals surface area contributed by atoms with Crippen LogP contribution in [-0.2, 0) is 0 Å². The summed E-state index contributed by atoms with van der Waals surface area (Å²) >= 11 is 0. The number of carbonyl (C=O) groups is 1. The monoisotopic (exact) mass is 252 g/mol. The number of primary amides is 1. The van der Waals surface area contributed by atoms with E-state index in [-0.39, 0.29) is 0 Å². The summed E-state index contributed by atoms with van der Waals surface area (Å²) in [6.45, 7) is 1.93. The van der Waals surface area contributed by atoms with E-state index in [1.54, 1.807) is 24.5 Å². The third-order valence-corrected chi connectivity index (χ3v) is 3.03. The van der Waals surface area contributed by atoms with Gasteiger partial charge in [0.15, 0.2) is 0 Å². The van der Waals surface area contributed by atoms with Gasteiger partial charge >= 0.3 is 0 Å². The van der Waals surface area contributed by atoms with Gasteiger partial charge in [0.25, 0.3) is 0 Å². The van der Waals surface area contributed by atoms with Gasteiger partial charge < -0.3 is 5.73 Å². The average molecular weight is 252 g/mol. The van der Waals surface area contributed by atoms with E-state index in [0.29, 0.717) is 5.56 Å². The van der Waals surface area contributed by atoms with Crippen molar-refractivity contribution in [3.63, 3.8) is 0 Å². The van der Waals surface area contributed by atoms with E-state index in [0.717, 1.165) is 22.5 Å². The molecule has 0 saturated carbocycles. The maximum absolute atomic E-state index is 11.1. The van der Waals surface area contributed by atoms with Crippen molar-refractivity contribution in [3.05, 3.63) is 54.1 Å². The highest BCUT2D eigenvalue weighted by Crippen LogP contribution is 2.20. The quantitative estimate of drug-likeness (QED) is 0.756. The van der Waals surface area contributed by atoms with Crippen molar-refractivity contribution in [2.24, 2.45) is 5.73 Å². The Morgan fingerprint density at radius 3 is 2.63 bits per heavy atom. The highest BCUT2D eigenvalue weighted by Gasteiger charge is 2.09. The lowest BCUT2D eigenvalue weighted by atomic mass is 10.2. The van der Waals surface area contributed by atoms with Gasteiger partial charge in [0.2, 0.25) is 5.91 Å². The first-order valence-corrected chi connectivity index (χ1v) is 5.86. The van der Waals surface area contributed by atoms with Gasteiger partial charge in [0.1, 0.15) is 11.3 Å². The van der Waals surface area contributed by atoms with Crippen molar-refractivity contribution in [2.45, 2.75) is 6.92 Å². The number of aryl methyl sites for hydroxylation is 1. The average Bonchev–Trinajstić information content (AvgIpc) is 2.74. The van der Waals surface area contributed by atoms with E-state index in [9.17, 15) is 4.79 Å². The first-order valence-electron chi connectivity index (χ1n) is 5.86. The molecule has 3 rings (SSSR count). The first-order chi connectivity index (χ1) is 9.16. The van der Waals surface area contributed by atoms with Gasteiger partial charge in [0.05, 0.1) is 11.7 Å². The lowest BCUT2D eigenvalue weighted by Crippen LogP contribution is -2.10. The number of pyridine rings is 1. The molecule has 0 spiro atoms. The topological polar surface area (TPSA) is 73.8 Å². The molecule has 1 aromatic carbocycles. The summed E-state index contributed by atoms with van der Waals surface area (Å²) < 4.78 is 2.02. The summed E-state index contributed by atoms with van der Waals surface area (Å²) in [6, 6.07) is 9.05. The number of aromatic nitrogens is 3. The van der Waals surface area contributed by atoms with Crippen molar-refractivity contribution in [2.75, 3.05) is 0 Å². The molecule has 3 aromatic rings. The maximum Gasteiger partial charge on any atom is 0.248 e. The van der Waals surface area contributed by atoms with Crippen LogP contribution in [0, 0.1) is 6.92 Å². The van der Waals surface area contributed by atoms with E-state index in [4.69, 9.17) is 5.73 Å². The van der Waals surface area contributed by atoms with Crippen molar-refractivity contribution >= 4 is 16.9 Å². The number of amides is 1. The summed E-state index contributed by atoms with van der Waals surface area (Å²) in [5.74, 6) is 0.442. The number of hydrogen-bond donors (Lipinski definition) is 1. The number of hydrogen-bond acceptors (Lipinski definition) is 3. The lowest BCUT2D eigenvalue weighted by molar-refractivity contribution is 0.100. The fourth-order valence-electron chi connectivity index (χ4n) is 2.15. The minimum Gasteiger partial charge on any atom is -0.366 e. The fourth-order valence-corrected chi connectivity index (χ4v) is 2.15. The zero-order chi connectivity index (χ0) is 13.4. The summed E-state index contributed by atoms with van der Waals surface area (Å²) in [4.78, 5) is 19.6. The summed E-state index contributed by atoms with van der Waals surface area (Å²) in [6.07, 6.45) is 3.47. The van der Waals surface area contributed by atoms with E-state index < -0.39 is 5.91 Å². The number of nitrogens with zero attached hydrogens (tertiary/aromatic N) is 3. The molecule has 0 bridgehead atoms. The third kappa shape index (κ3) is 1.85. The Morgan fingerprint density at radius 2 is 1.95 bits per heavy atom. The number of rotatable bonds is 2. The Kier molecular flexibility index (Phi) is 2.52. The predicted molar refractivity (Wildman–Crippen MR) is 72.1 cm³/mol. The third-order valence-electron chi connectivity index (χ3n) is 3.03. The Morgan fingerprint density at radius 1 is 1.21 bits per heavy atom. The van der Waals surface area contributed by atoms with E-state index in [1.807, 2.05) is 29.7 Å². The molecule has 0 aliphatic carbocycles. The van der Waals surface area contributed by atoms with Gasteiger partial charge in [0, 0.05) is 17.4 Å². The van der Waals surface area contributed by atoms with Crippen LogP contribution in [0.4, 0.5) is 0 Å². The maximum atomic E-state index is 11.1. The number of nitrogens with two attached hydrogens (primary N) is 1. The van der Waals surface area contributed by atoms with E-state index in [1.165, 1.54) is 0 Å². The lowest BCUT2D eigenvalue weighted by Gasteiger charge is -2.07. The normalized spacial score (nSPS) is 10.8. The standard InChI is InChI=1S/C14H12N4O/c1-9-17-12-8-16-7-6-13(12)18(9)11-4-2-10(3-5-11)14(15)19/h2-8H,1H3,(H2,15,19). The second kappa shape index (κ2) is 4.20. The zero-order valence-corrected chi connectivity index (χ0v) is 10.4. The minimum atomic E-state index is -0.428. The smallest absolute Gasteiger partial charge is 0.248 e. The molecular weight excluding hydrogens is 240 g/mol. The predicted octanol–water partition coefficient (Wildman–Crippen LogP) is 1.83. The van der Waals surface area contributed by atoms with E-state index in [2.05, 4.69) is 9.97 Å². The molecule has 5 nitrogen and oxygen atoms in total. The van der Waals surface area contributed by atoms with Gasteiger partial charge in [-0.2, -0.15) is 0 Å². The van der Waals surface area contributed by atoms with Crippen molar-refractivity contribution in [1.82, 2.24) is 14.5 Å². The van der Waals surface area contributed by atoms with Gasteiger partial charge in [-0.3, -0.25) is 14.3 Å². The zero-order valence-electron chi connectivity index (χ0n) is 10.4. The largest absolute Gasteiger partial charge is 0.366 e. The van der Waals surface area contributed by atoms with Crippen LogP contribution in [0.1, 0.15) is 16.2 Å². The fraction of sp³-hybridized carbons (Fsp3) is 0.0714. The van der Waals surface area contributed by atoms with Gasteiger partial charge in [-0.25, -0.2) is 4.98 Å². The SMILES string of the molecule is Cc1nc2cnccc2n1-c1ccc(C(N)=O)cc1. The molecular formula is C14H12N4O. The molecule has 0 unspecified atom stereocenters. The Hall–Kier alpha value is -2.69. The van der Waals surface area contributed by atoms with Crippen molar-refractivity contribution in [3.8, 4) is 5.69 Å². The molecule has 0 aliphatic heterocycles. The van der Waals surface area contributed by atoms with Crippen LogP contribution in [-0.4, -0.2) is 20.4 Å². The van der Waals surface area contributed by atoms with Crippen molar-refractivity contribution < 1.29 is 4.79 Å². The van der Waals surface area contributed by atoms with Crippen LogP contribution in [0.15, 0.2) is 42.7 Å². The van der Waals surface area contributed by atoms with Crippen LogP contribution in [0.2, 0.25) is 0 Å². The second-order valence-electron chi connectivity index (χ2n) is 4.27. The Balaban J connectivity index is 2.18. The van der Waals surface area contributed by atoms with Crippen LogP contribution in [0.25, 0.3) is 16.7 Å². The molecule has 2 aromatic heterocycles. The number of fused-ring (bicyclic) bond motifs is 1. The summed E-state index contributed by atoms with van der Waals surface area (Å²) in [5, 5.41) is 0. The Bertz CT molecular complexity index is 759. The van der Waals surface area contributed by atoms with Crippen LogP contribution in [0.3, 0.4) is 0 Å². The number of imidazole rings is 1. The number of benzene rings is 1. The van der Waals surface area contributed by atoms with Crippen LogP contribution < -0.4 is 5.73 Å². The molecule has 0 atom stereocenters. The summed E-state index contributed by atoms with van der Waals surface area (Å²) in [5.41, 5.74) is 8.50. The van der Waals surface area contributed by atoms with Gasteiger partial charge in [-0.05, 0) is 37.3 Å². The Labute approximate surface area is 109 Å².